The molecule has 1 fully saturated rings. The Kier molecular flexibility index (Phi) is 5.03. The first-order chi connectivity index (χ1) is 13.8. The van der Waals surface area contributed by atoms with Crippen molar-refractivity contribution in [1.29, 1.82) is 0 Å². The van der Waals surface area contributed by atoms with Crippen LogP contribution in [0.5, 0.6) is 0 Å². The van der Waals surface area contributed by atoms with Crippen LogP contribution >= 0.6 is 0 Å². The summed E-state index contributed by atoms with van der Waals surface area (Å²) >= 11 is 0. The molecular formula is C25H28N2O2. The van der Waals surface area contributed by atoms with E-state index < -0.39 is 0 Å². The Labute approximate surface area is 172 Å². The monoisotopic (exact) mass is 388 g/mol. The van der Waals surface area contributed by atoms with Crippen LogP contribution in [0.15, 0.2) is 48.6 Å². The molecule has 0 aromatic heterocycles. The zero-order chi connectivity index (χ0) is 20.7. The van der Waals surface area contributed by atoms with E-state index in [0.717, 1.165) is 40.0 Å². The van der Waals surface area contributed by atoms with Crippen LogP contribution < -0.4 is 10.6 Å². The van der Waals surface area contributed by atoms with E-state index in [1.165, 1.54) is 0 Å². The maximum Gasteiger partial charge on any atom is 0.228 e. The first-order valence-corrected chi connectivity index (χ1v) is 10.3. The van der Waals surface area contributed by atoms with Crippen LogP contribution in [0.3, 0.4) is 0 Å². The van der Waals surface area contributed by atoms with Crippen molar-refractivity contribution in [1.82, 2.24) is 0 Å². The van der Waals surface area contributed by atoms with Crippen molar-refractivity contribution in [2.45, 2.75) is 34.1 Å². The second-order valence-electron chi connectivity index (χ2n) is 8.62. The summed E-state index contributed by atoms with van der Waals surface area (Å²) in [4.78, 5) is 26.4. The van der Waals surface area contributed by atoms with Gasteiger partial charge in [0.2, 0.25) is 11.8 Å². The molecule has 2 N–H and O–H groups in total. The summed E-state index contributed by atoms with van der Waals surface area (Å²) in [5, 5.41) is 6.16. The van der Waals surface area contributed by atoms with Gasteiger partial charge in [-0.2, -0.15) is 0 Å². The van der Waals surface area contributed by atoms with Crippen LogP contribution in [0.4, 0.5) is 11.4 Å². The molecule has 4 atom stereocenters. The molecule has 2 aliphatic carbocycles. The predicted octanol–water partition coefficient (Wildman–Crippen LogP) is 4.94. The minimum atomic E-state index is -0.337. The standard InChI is InChI=1S/C25H28N2O2/c1-14-5-9-20(16(3)11-14)26-24(28)22-18-7-8-19(13-18)23(22)25(29)27-21-10-6-15(2)12-17(21)4/h5-12,18-19,22-23H,13H2,1-4H3,(H,26,28)(H,27,29)/t18-,19-,22+,23+/m0/s1. The van der Waals surface area contributed by atoms with Gasteiger partial charge in [0.05, 0.1) is 11.8 Å². The topological polar surface area (TPSA) is 58.2 Å². The molecular weight excluding hydrogens is 360 g/mol. The molecule has 1 saturated carbocycles. The molecule has 150 valence electrons. The molecule has 0 aliphatic heterocycles. The van der Waals surface area contributed by atoms with Gasteiger partial charge in [-0.1, -0.05) is 47.5 Å². The van der Waals surface area contributed by atoms with Crippen molar-refractivity contribution >= 4 is 23.2 Å². The second-order valence-corrected chi connectivity index (χ2v) is 8.62. The number of fused-ring (bicyclic) bond motifs is 2. The Morgan fingerprint density at radius 3 is 1.52 bits per heavy atom. The summed E-state index contributed by atoms with van der Waals surface area (Å²) in [6, 6.07) is 12.0. The van der Waals surface area contributed by atoms with Gasteiger partial charge in [0.1, 0.15) is 0 Å². The molecule has 2 aliphatic rings. The molecule has 2 bridgehead atoms. The average molecular weight is 389 g/mol. The van der Waals surface area contributed by atoms with Crippen molar-refractivity contribution in [2.75, 3.05) is 10.6 Å². The van der Waals surface area contributed by atoms with Gasteiger partial charge in [0, 0.05) is 11.4 Å². The minimum Gasteiger partial charge on any atom is -0.326 e. The summed E-state index contributed by atoms with van der Waals surface area (Å²) in [6.07, 6.45) is 5.09. The molecule has 4 heteroatoms. The highest BCUT2D eigenvalue weighted by atomic mass is 16.2. The lowest BCUT2D eigenvalue weighted by atomic mass is 9.81. The van der Waals surface area contributed by atoms with Crippen LogP contribution in [0.25, 0.3) is 0 Å². The molecule has 29 heavy (non-hydrogen) atoms. The maximum atomic E-state index is 13.2. The highest BCUT2D eigenvalue weighted by molar-refractivity contribution is 6.01. The van der Waals surface area contributed by atoms with Gasteiger partial charge in [-0.05, 0) is 69.2 Å². The molecule has 0 unspecified atom stereocenters. The SMILES string of the molecule is Cc1ccc(NC(=O)[C@H]2[C@H](C(=O)Nc3ccc(C)cc3C)[C@H]3C=C[C@H]2C3)c(C)c1. The largest absolute Gasteiger partial charge is 0.326 e. The van der Waals surface area contributed by atoms with E-state index in [9.17, 15) is 9.59 Å². The van der Waals surface area contributed by atoms with Crippen LogP contribution in [0.1, 0.15) is 28.7 Å². The molecule has 0 saturated heterocycles. The quantitative estimate of drug-likeness (QED) is 0.729. The van der Waals surface area contributed by atoms with Crippen molar-refractivity contribution in [3.63, 3.8) is 0 Å². The van der Waals surface area contributed by atoms with Crippen LogP contribution in [-0.4, -0.2) is 11.8 Å². The van der Waals surface area contributed by atoms with E-state index in [2.05, 4.69) is 34.9 Å². The highest BCUT2D eigenvalue weighted by Gasteiger charge is 2.51. The van der Waals surface area contributed by atoms with E-state index in [0.29, 0.717) is 0 Å². The fourth-order valence-corrected chi connectivity index (χ4v) is 4.88. The number of carbonyl (C=O) groups excluding carboxylic acids is 2. The predicted molar refractivity (Wildman–Crippen MR) is 117 cm³/mol. The van der Waals surface area contributed by atoms with Crippen LogP contribution in [0, 0.1) is 51.4 Å². The van der Waals surface area contributed by atoms with E-state index in [1.807, 2.05) is 52.0 Å². The summed E-state index contributed by atoms with van der Waals surface area (Å²) in [6.45, 7) is 8.06. The number of hydrogen-bond acceptors (Lipinski definition) is 2. The van der Waals surface area contributed by atoms with Gasteiger partial charge in [0.25, 0.3) is 0 Å². The Morgan fingerprint density at radius 1 is 0.724 bits per heavy atom. The molecule has 2 aromatic rings. The Balaban J connectivity index is 1.55. The smallest absolute Gasteiger partial charge is 0.228 e. The summed E-state index contributed by atoms with van der Waals surface area (Å²) < 4.78 is 0. The molecule has 4 rings (SSSR count). The number of nitrogens with one attached hydrogen (secondary N) is 2. The lowest BCUT2D eigenvalue weighted by molar-refractivity contribution is -0.129. The van der Waals surface area contributed by atoms with E-state index >= 15 is 0 Å². The third-order valence-corrected chi connectivity index (χ3v) is 6.34. The number of carbonyl (C=O) groups is 2. The molecule has 0 spiro atoms. The number of rotatable bonds is 4. The molecule has 2 amide bonds. The lowest BCUT2D eigenvalue weighted by Crippen LogP contribution is -2.39. The fraction of sp³-hybridized carbons (Fsp3) is 0.360. The molecule has 4 nitrogen and oxygen atoms in total. The number of allylic oxidation sites excluding steroid dienone is 2. The van der Waals surface area contributed by atoms with Gasteiger partial charge in [-0.15, -0.1) is 0 Å². The van der Waals surface area contributed by atoms with E-state index in [1.54, 1.807) is 0 Å². The van der Waals surface area contributed by atoms with Crippen molar-refractivity contribution in [2.24, 2.45) is 23.7 Å². The van der Waals surface area contributed by atoms with Crippen molar-refractivity contribution in [3.8, 4) is 0 Å². The van der Waals surface area contributed by atoms with Crippen LogP contribution in [-0.2, 0) is 9.59 Å². The maximum absolute atomic E-state index is 13.2. The third kappa shape index (κ3) is 3.71. The summed E-state index contributed by atoms with van der Waals surface area (Å²) in [7, 11) is 0. The van der Waals surface area contributed by atoms with Crippen LogP contribution in [0.2, 0.25) is 0 Å². The zero-order valence-corrected chi connectivity index (χ0v) is 17.5. The van der Waals surface area contributed by atoms with Crippen molar-refractivity contribution < 1.29 is 9.59 Å². The van der Waals surface area contributed by atoms with Crippen molar-refractivity contribution in [3.05, 3.63) is 70.8 Å². The molecule has 0 heterocycles. The van der Waals surface area contributed by atoms with E-state index in [4.69, 9.17) is 0 Å². The summed E-state index contributed by atoms with van der Waals surface area (Å²) in [5.41, 5.74) is 6.03. The number of benzene rings is 2. The highest BCUT2D eigenvalue weighted by Crippen LogP contribution is 2.49. The number of hydrogen-bond donors (Lipinski definition) is 2. The van der Waals surface area contributed by atoms with Gasteiger partial charge >= 0.3 is 0 Å². The minimum absolute atomic E-state index is 0.0606. The van der Waals surface area contributed by atoms with E-state index in [-0.39, 0.29) is 35.5 Å². The number of anilines is 2. The van der Waals surface area contributed by atoms with Gasteiger partial charge in [-0.25, -0.2) is 0 Å². The van der Waals surface area contributed by atoms with Gasteiger partial charge in [0.15, 0.2) is 0 Å². The fourth-order valence-electron chi connectivity index (χ4n) is 4.88. The average Bonchev–Trinajstić information content (AvgIpc) is 3.27. The number of amides is 2. The molecule has 2 aromatic carbocycles. The lowest BCUT2D eigenvalue weighted by Gasteiger charge is -2.27. The first-order valence-electron chi connectivity index (χ1n) is 10.3. The zero-order valence-electron chi connectivity index (χ0n) is 17.5. The first kappa shape index (κ1) is 19.4. The Morgan fingerprint density at radius 2 is 1.14 bits per heavy atom. The number of aryl methyl sites for hydroxylation is 4. The Bertz CT molecular complexity index is 928. The second kappa shape index (κ2) is 7.51. The van der Waals surface area contributed by atoms with Gasteiger partial charge < -0.3 is 10.6 Å². The van der Waals surface area contributed by atoms with Gasteiger partial charge in [-0.3, -0.25) is 9.59 Å². The normalized spacial score (nSPS) is 24.6. The third-order valence-electron chi connectivity index (χ3n) is 6.34. The Hall–Kier alpha value is -2.88. The molecule has 0 radical (unpaired) electrons. The summed E-state index contributed by atoms with van der Waals surface area (Å²) in [5.74, 6) is -0.543.